The zero-order chi connectivity index (χ0) is 14.4. The summed E-state index contributed by atoms with van der Waals surface area (Å²) in [6.07, 6.45) is 1.53. The molecule has 0 fully saturated rings. The minimum atomic E-state index is 0.688. The first-order valence-electron chi connectivity index (χ1n) is 6.79. The molecule has 0 radical (unpaired) electrons. The van der Waals surface area contributed by atoms with Crippen molar-refractivity contribution in [1.82, 2.24) is 0 Å². The summed E-state index contributed by atoms with van der Waals surface area (Å²) in [5, 5.41) is 17.4. The van der Waals surface area contributed by atoms with Gasteiger partial charge in [-0.15, -0.1) is 0 Å². The highest BCUT2D eigenvalue weighted by Crippen LogP contribution is 2.32. The molecule has 0 amide bonds. The van der Waals surface area contributed by atoms with E-state index in [1.807, 2.05) is 30.3 Å². The Hall–Kier alpha value is -2.81. The first-order chi connectivity index (χ1) is 10.3. The van der Waals surface area contributed by atoms with E-state index in [2.05, 4.69) is 18.2 Å². The summed E-state index contributed by atoms with van der Waals surface area (Å²) >= 11 is 0. The summed E-state index contributed by atoms with van der Waals surface area (Å²) in [6.45, 7) is 0. The average molecular weight is 275 g/mol. The van der Waals surface area contributed by atoms with Crippen molar-refractivity contribution in [2.45, 2.75) is 0 Å². The van der Waals surface area contributed by atoms with Crippen LogP contribution in [0.1, 0.15) is 0 Å². The molecule has 102 valence electrons. The lowest BCUT2D eigenvalue weighted by Gasteiger charge is -2.09. The summed E-state index contributed by atoms with van der Waals surface area (Å²) in [5.41, 5.74) is 0.688. The van der Waals surface area contributed by atoms with Crippen LogP contribution in [0.25, 0.3) is 32.4 Å². The van der Waals surface area contributed by atoms with E-state index in [1.54, 1.807) is 13.2 Å². The first kappa shape index (κ1) is 12.0. The Labute approximate surface area is 121 Å². The van der Waals surface area contributed by atoms with Crippen molar-refractivity contribution in [1.29, 1.82) is 0 Å². The normalized spacial score (nSPS) is 11.3. The van der Waals surface area contributed by atoms with Crippen molar-refractivity contribution in [2.24, 2.45) is 0 Å². The van der Waals surface area contributed by atoms with E-state index in [0.29, 0.717) is 5.52 Å². The maximum Gasteiger partial charge on any atom is 0.224 e. The number of hydrogen-bond donors (Lipinski definition) is 0. The Morgan fingerprint density at radius 3 is 2.57 bits per heavy atom. The van der Waals surface area contributed by atoms with Crippen LogP contribution in [0.5, 0.6) is 5.75 Å². The van der Waals surface area contributed by atoms with Crippen molar-refractivity contribution >= 4 is 32.4 Å². The van der Waals surface area contributed by atoms with Crippen LogP contribution in [-0.4, -0.2) is 7.11 Å². The van der Waals surface area contributed by atoms with Crippen LogP contribution in [0.3, 0.4) is 0 Å². The molecule has 3 aromatic carbocycles. The summed E-state index contributed by atoms with van der Waals surface area (Å²) in [7, 11) is 1.66. The van der Waals surface area contributed by atoms with Crippen molar-refractivity contribution in [2.75, 3.05) is 7.11 Å². The van der Waals surface area contributed by atoms with Crippen LogP contribution in [0, 0.1) is 5.21 Å². The van der Waals surface area contributed by atoms with Gasteiger partial charge in [0.05, 0.1) is 12.5 Å². The van der Waals surface area contributed by atoms with Gasteiger partial charge in [-0.25, -0.2) is 0 Å². The van der Waals surface area contributed by atoms with Crippen molar-refractivity contribution in [3.05, 3.63) is 66.0 Å². The van der Waals surface area contributed by atoms with Crippen LogP contribution in [0.2, 0.25) is 0 Å². The molecule has 3 nitrogen and oxygen atoms in total. The fraction of sp³-hybridized carbons (Fsp3) is 0.0556. The maximum atomic E-state index is 12.0. The largest absolute Gasteiger partial charge is 0.618 e. The van der Waals surface area contributed by atoms with Gasteiger partial charge >= 0.3 is 0 Å². The SMILES string of the molecule is COc1ccc2c(ccc3ccc4c(ccc[n+]4[O-])c32)c1. The summed E-state index contributed by atoms with van der Waals surface area (Å²) in [6, 6.07) is 17.8. The van der Waals surface area contributed by atoms with Crippen LogP contribution in [-0.2, 0) is 0 Å². The van der Waals surface area contributed by atoms with Gasteiger partial charge < -0.3 is 9.94 Å². The first-order valence-corrected chi connectivity index (χ1v) is 6.79. The van der Waals surface area contributed by atoms with Gasteiger partial charge in [0.15, 0.2) is 6.20 Å². The number of pyridine rings is 1. The van der Waals surface area contributed by atoms with Gasteiger partial charge in [0, 0.05) is 17.5 Å². The topological polar surface area (TPSA) is 36.2 Å². The number of benzene rings is 3. The molecule has 0 N–H and O–H groups in total. The summed E-state index contributed by atoms with van der Waals surface area (Å²) in [4.78, 5) is 0. The maximum absolute atomic E-state index is 12.0. The minimum absolute atomic E-state index is 0.688. The van der Waals surface area contributed by atoms with Crippen molar-refractivity contribution in [3.63, 3.8) is 0 Å². The second kappa shape index (κ2) is 4.35. The highest BCUT2D eigenvalue weighted by Gasteiger charge is 2.10. The van der Waals surface area contributed by atoms with Crippen LogP contribution >= 0.6 is 0 Å². The Balaban J connectivity index is 2.25. The number of aromatic nitrogens is 1. The van der Waals surface area contributed by atoms with Gasteiger partial charge in [-0.05, 0) is 40.4 Å². The molecule has 0 aliphatic rings. The van der Waals surface area contributed by atoms with Crippen LogP contribution in [0.15, 0.2) is 60.8 Å². The quantitative estimate of drug-likeness (QED) is 0.301. The zero-order valence-electron chi connectivity index (χ0n) is 11.5. The smallest absolute Gasteiger partial charge is 0.224 e. The second-order valence-corrected chi connectivity index (χ2v) is 5.08. The molecule has 4 aromatic rings. The molecule has 0 saturated heterocycles. The Kier molecular flexibility index (Phi) is 2.48. The van der Waals surface area contributed by atoms with Crippen LogP contribution in [0.4, 0.5) is 0 Å². The minimum Gasteiger partial charge on any atom is -0.618 e. The van der Waals surface area contributed by atoms with E-state index in [-0.39, 0.29) is 0 Å². The van der Waals surface area contributed by atoms with E-state index >= 15 is 0 Å². The van der Waals surface area contributed by atoms with Gasteiger partial charge in [-0.1, -0.05) is 18.2 Å². The van der Waals surface area contributed by atoms with E-state index in [0.717, 1.165) is 37.4 Å². The number of methoxy groups -OCH3 is 1. The van der Waals surface area contributed by atoms with E-state index in [4.69, 9.17) is 4.74 Å². The molecule has 0 spiro atoms. The van der Waals surface area contributed by atoms with Gasteiger partial charge in [0.2, 0.25) is 5.52 Å². The third-order valence-corrected chi connectivity index (χ3v) is 3.95. The third kappa shape index (κ3) is 1.71. The summed E-state index contributed by atoms with van der Waals surface area (Å²) in [5.74, 6) is 0.834. The number of fused-ring (bicyclic) bond motifs is 5. The molecule has 4 rings (SSSR count). The average Bonchev–Trinajstić information content (AvgIpc) is 2.54. The van der Waals surface area contributed by atoms with E-state index in [1.165, 1.54) is 6.20 Å². The van der Waals surface area contributed by atoms with Gasteiger partial charge in [-0.2, -0.15) is 4.73 Å². The van der Waals surface area contributed by atoms with Gasteiger partial charge in [0.1, 0.15) is 5.75 Å². The van der Waals surface area contributed by atoms with Gasteiger partial charge in [0.25, 0.3) is 0 Å². The molecule has 0 aliphatic carbocycles. The molecule has 0 aliphatic heterocycles. The predicted octanol–water partition coefficient (Wildman–Crippen LogP) is 3.79. The molecule has 0 saturated carbocycles. The Bertz CT molecular complexity index is 992. The molecular formula is C18H13NO2. The second-order valence-electron chi connectivity index (χ2n) is 5.08. The predicted molar refractivity (Wildman–Crippen MR) is 84.5 cm³/mol. The fourth-order valence-electron chi connectivity index (χ4n) is 2.94. The molecule has 21 heavy (non-hydrogen) atoms. The standard InChI is InChI=1S/C18H13NO2/c1-21-14-7-8-15-13(11-14)5-4-12-6-9-17-16(18(12)15)3-2-10-19(17)20/h2-11H,1H3. The lowest BCUT2D eigenvalue weighted by molar-refractivity contribution is -0.576. The molecule has 3 heteroatoms. The van der Waals surface area contributed by atoms with Crippen molar-refractivity contribution in [3.8, 4) is 5.75 Å². The lowest BCUT2D eigenvalue weighted by Crippen LogP contribution is -2.25. The summed E-state index contributed by atoms with van der Waals surface area (Å²) < 4.78 is 6.20. The number of nitrogens with zero attached hydrogens (tertiary/aromatic N) is 1. The number of rotatable bonds is 1. The molecule has 0 atom stereocenters. The van der Waals surface area contributed by atoms with Crippen molar-refractivity contribution < 1.29 is 9.47 Å². The van der Waals surface area contributed by atoms with Gasteiger partial charge in [-0.3, -0.25) is 0 Å². The molecular weight excluding hydrogens is 262 g/mol. The Morgan fingerprint density at radius 1 is 0.905 bits per heavy atom. The zero-order valence-corrected chi connectivity index (χ0v) is 11.5. The Morgan fingerprint density at radius 2 is 1.71 bits per heavy atom. The molecule has 0 bridgehead atoms. The highest BCUT2D eigenvalue weighted by molar-refractivity contribution is 6.19. The van der Waals surface area contributed by atoms with Crippen LogP contribution < -0.4 is 9.47 Å². The third-order valence-electron chi connectivity index (χ3n) is 3.95. The van der Waals surface area contributed by atoms with E-state index < -0.39 is 0 Å². The highest BCUT2D eigenvalue weighted by atomic mass is 16.5. The lowest BCUT2D eigenvalue weighted by atomic mass is 9.98. The molecule has 1 aromatic heterocycles. The van der Waals surface area contributed by atoms with E-state index in [9.17, 15) is 5.21 Å². The number of ether oxygens (including phenoxy) is 1. The molecule has 0 unspecified atom stereocenters. The monoisotopic (exact) mass is 275 g/mol. The fourth-order valence-corrected chi connectivity index (χ4v) is 2.94. The molecule has 1 heterocycles. The number of hydrogen-bond acceptors (Lipinski definition) is 2.